The lowest BCUT2D eigenvalue weighted by atomic mass is 10.1. The Morgan fingerprint density at radius 3 is 2.20 bits per heavy atom. The summed E-state index contributed by atoms with van der Waals surface area (Å²) in [5, 5.41) is 2.84. The summed E-state index contributed by atoms with van der Waals surface area (Å²) in [5.41, 5.74) is 0.301. The molecule has 2 amide bonds. The van der Waals surface area contributed by atoms with E-state index in [1.807, 2.05) is 39.2 Å². The van der Waals surface area contributed by atoms with E-state index >= 15 is 0 Å². The Morgan fingerprint density at radius 1 is 1.20 bits per heavy atom. The van der Waals surface area contributed by atoms with Gasteiger partial charge in [0.15, 0.2) is 0 Å². The quantitative estimate of drug-likeness (QED) is 0.868. The van der Waals surface area contributed by atoms with Crippen molar-refractivity contribution >= 4 is 23.6 Å². The monoisotopic (exact) mass is 294 g/mol. The highest BCUT2D eigenvalue weighted by Gasteiger charge is 2.18. The third-order valence-corrected chi connectivity index (χ3v) is 3.32. The van der Waals surface area contributed by atoms with Gasteiger partial charge in [-0.15, -0.1) is 11.8 Å². The van der Waals surface area contributed by atoms with E-state index in [4.69, 9.17) is 0 Å². The van der Waals surface area contributed by atoms with E-state index in [2.05, 4.69) is 5.32 Å². The van der Waals surface area contributed by atoms with Crippen molar-refractivity contribution in [3.05, 3.63) is 29.8 Å². The average Bonchev–Trinajstić information content (AvgIpc) is 2.35. The first-order valence-corrected chi connectivity index (χ1v) is 7.66. The number of thioether (sulfide) groups is 1. The molecule has 20 heavy (non-hydrogen) atoms. The molecule has 0 aromatic heterocycles. The summed E-state index contributed by atoms with van der Waals surface area (Å²) in [6, 6.07) is 7.38. The number of nitrogens with one attached hydrogen (secondary N) is 1. The van der Waals surface area contributed by atoms with E-state index in [1.54, 1.807) is 30.9 Å². The summed E-state index contributed by atoms with van der Waals surface area (Å²) in [7, 11) is 1.63. The molecule has 0 saturated heterocycles. The molecule has 1 N–H and O–H groups in total. The van der Waals surface area contributed by atoms with Crippen LogP contribution in [-0.4, -0.2) is 42.1 Å². The van der Waals surface area contributed by atoms with Gasteiger partial charge >= 0.3 is 0 Å². The molecule has 1 aromatic rings. The number of likely N-dealkylation sites (N-methyl/N-ethyl adjacent to an activating group) is 1. The number of nitrogens with zero attached hydrogens (tertiary/aromatic N) is 1. The van der Waals surface area contributed by atoms with Crippen LogP contribution in [0.4, 0.5) is 0 Å². The molecule has 110 valence electrons. The standard InChI is InChI=1S/C15H22N2O2S/c1-15(2,3)16-13(18)10-17(4)14(19)11-6-8-12(20-5)9-7-11/h6-9H,10H2,1-5H3,(H,16,18). The molecule has 0 aliphatic heterocycles. The fourth-order valence-electron chi connectivity index (χ4n) is 1.70. The van der Waals surface area contributed by atoms with Crippen LogP contribution in [0.25, 0.3) is 0 Å². The topological polar surface area (TPSA) is 49.4 Å². The van der Waals surface area contributed by atoms with Crippen LogP contribution in [0, 0.1) is 0 Å². The van der Waals surface area contributed by atoms with Crippen LogP contribution < -0.4 is 5.32 Å². The van der Waals surface area contributed by atoms with Crippen molar-refractivity contribution in [2.24, 2.45) is 0 Å². The van der Waals surface area contributed by atoms with Gasteiger partial charge in [-0.25, -0.2) is 0 Å². The third kappa shape index (κ3) is 5.25. The third-order valence-electron chi connectivity index (χ3n) is 2.58. The van der Waals surface area contributed by atoms with Gasteiger partial charge in [0.1, 0.15) is 0 Å². The summed E-state index contributed by atoms with van der Waals surface area (Å²) in [5.74, 6) is -0.309. The first-order valence-electron chi connectivity index (χ1n) is 6.43. The van der Waals surface area contributed by atoms with Crippen LogP contribution in [0.15, 0.2) is 29.2 Å². The number of carbonyl (C=O) groups excluding carboxylic acids is 2. The van der Waals surface area contributed by atoms with Crippen molar-refractivity contribution in [3.8, 4) is 0 Å². The Bertz CT molecular complexity index is 478. The molecule has 0 heterocycles. The van der Waals surface area contributed by atoms with Crippen LogP contribution in [-0.2, 0) is 4.79 Å². The van der Waals surface area contributed by atoms with Crippen molar-refractivity contribution < 1.29 is 9.59 Å². The predicted molar refractivity (Wildman–Crippen MR) is 83.1 cm³/mol. The van der Waals surface area contributed by atoms with Crippen molar-refractivity contribution in [3.63, 3.8) is 0 Å². The summed E-state index contributed by atoms with van der Waals surface area (Å²) < 4.78 is 0. The summed E-state index contributed by atoms with van der Waals surface area (Å²) >= 11 is 1.63. The van der Waals surface area contributed by atoms with E-state index in [0.29, 0.717) is 5.56 Å². The van der Waals surface area contributed by atoms with Crippen molar-refractivity contribution in [1.29, 1.82) is 0 Å². The van der Waals surface area contributed by atoms with Gasteiger partial charge in [-0.1, -0.05) is 0 Å². The van der Waals surface area contributed by atoms with Gasteiger partial charge in [-0.05, 0) is 51.3 Å². The largest absolute Gasteiger partial charge is 0.350 e. The predicted octanol–water partition coefficient (Wildman–Crippen LogP) is 2.40. The maximum absolute atomic E-state index is 12.2. The molecule has 5 heteroatoms. The van der Waals surface area contributed by atoms with E-state index < -0.39 is 0 Å². The molecular formula is C15H22N2O2S. The Labute approximate surface area is 124 Å². The zero-order chi connectivity index (χ0) is 15.3. The number of hydrogen-bond acceptors (Lipinski definition) is 3. The van der Waals surface area contributed by atoms with E-state index in [-0.39, 0.29) is 23.9 Å². The minimum atomic E-state index is -0.291. The van der Waals surface area contributed by atoms with Crippen LogP contribution in [0.5, 0.6) is 0 Å². The smallest absolute Gasteiger partial charge is 0.254 e. The van der Waals surface area contributed by atoms with Gasteiger partial charge < -0.3 is 10.2 Å². The highest BCUT2D eigenvalue weighted by Crippen LogP contribution is 2.15. The molecular weight excluding hydrogens is 272 g/mol. The van der Waals surface area contributed by atoms with Gasteiger partial charge in [-0.3, -0.25) is 9.59 Å². The number of benzene rings is 1. The molecule has 0 saturated carbocycles. The Hall–Kier alpha value is -1.49. The summed E-state index contributed by atoms with van der Waals surface area (Å²) in [4.78, 5) is 26.5. The minimum absolute atomic E-state index is 0.0559. The van der Waals surface area contributed by atoms with Crippen LogP contribution in [0.1, 0.15) is 31.1 Å². The van der Waals surface area contributed by atoms with Crippen molar-refractivity contribution in [1.82, 2.24) is 10.2 Å². The summed E-state index contributed by atoms with van der Waals surface area (Å²) in [6.45, 7) is 5.79. The molecule has 4 nitrogen and oxygen atoms in total. The van der Waals surface area contributed by atoms with Crippen molar-refractivity contribution in [2.75, 3.05) is 19.8 Å². The molecule has 0 aliphatic carbocycles. The molecule has 1 rings (SSSR count). The van der Waals surface area contributed by atoms with Gasteiger partial charge in [0.25, 0.3) is 5.91 Å². The molecule has 0 aliphatic rings. The Balaban J connectivity index is 2.64. The minimum Gasteiger partial charge on any atom is -0.350 e. The fourth-order valence-corrected chi connectivity index (χ4v) is 2.11. The van der Waals surface area contributed by atoms with Crippen LogP contribution in [0.3, 0.4) is 0 Å². The highest BCUT2D eigenvalue weighted by molar-refractivity contribution is 7.98. The zero-order valence-corrected chi connectivity index (χ0v) is 13.5. The molecule has 0 atom stereocenters. The second-order valence-electron chi connectivity index (χ2n) is 5.69. The maximum atomic E-state index is 12.2. The zero-order valence-electron chi connectivity index (χ0n) is 12.7. The van der Waals surface area contributed by atoms with Gasteiger partial charge in [0.2, 0.25) is 5.91 Å². The second kappa shape index (κ2) is 6.79. The molecule has 0 spiro atoms. The van der Waals surface area contributed by atoms with Gasteiger partial charge in [0.05, 0.1) is 6.54 Å². The second-order valence-corrected chi connectivity index (χ2v) is 6.57. The first-order chi connectivity index (χ1) is 9.23. The Morgan fingerprint density at radius 2 is 1.75 bits per heavy atom. The highest BCUT2D eigenvalue weighted by atomic mass is 32.2. The first kappa shape index (κ1) is 16.6. The lowest BCUT2D eigenvalue weighted by Gasteiger charge is -2.23. The number of hydrogen-bond donors (Lipinski definition) is 1. The normalized spacial score (nSPS) is 11.1. The fraction of sp³-hybridized carbons (Fsp3) is 0.467. The SMILES string of the molecule is CSc1ccc(C(=O)N(C)CC(=O)NC(C)(C)C)cc1. The van der Waals surface area contributed by atoms with Gasteiger partial charge in [0, 0.05) is 23.0 Å². The lowest BCUT2D eigenvalue weighted by molar-refractivity contribution is -0.122. The lowest BCUT2D eigenvalue weighted by Crippen LogP contribution is -2.46. The molecule has 0 unspecified atom stereocenters. The number of rotatable bonds is 4. The van der Waals surface area contributed by atoms with Crippen LogP contribution >= 0.6 is 11.8 Å². The number of amides is 2. The van der Waals surface area contributed by atoms with E-state index in [1.165, 1.54) is 4.90 Å². The van der Waals surface area contributed by atoms with Crippen LogP contribution in [0.2, 0.25) is 0 Å². The van der Waals surface area contributed by atoms with E-state index in [9.17, 15) is 9.59 Å². The molecule has 0 fully saturated rings. The molecule has 0 radical (unpaired) electrons. The molecule has 0 bridgehead atoms. The number of carbonyl (C=O) groups is 2. The van der Waals surface area contributed by atoms with Gasteiger partial charge in [-0.2, -0.15) is 0 Å². The van der Waals surface area contributed by atoms with E-state index in [0.717, 1.165) is 4.90 Å². The van der Waals surface area contributed by atoms with Crippen molar-refractivity contribution in [2.45, 2.75) is 31.2 Å². The molecule has 1 aromatic carbocycles. The Kier molecular flexibility index (Phi) is 5.62. The average molecular weight is 294 g/mol. The summed E-state index contributed by atoms with van der Waals surface area (Å²) in [6.07, 6.45) is 1.99. The maximum Gasteiger partial charge on any atom is 0.254 e.